The quantitative estimate of drug-likeness (QED) is 0.620. The van der Waals surface area contributed by atoms with Crippen LogP contribution in [0.3, 0.4) is 0 Å². The zero-order valence-corrected chi connectivity index (χ0v) is 16.3. The van der Waals surface area contributed by atoms with Gasteiger partial charge in [-0.2, -0.15) is 0 Å². The summed E-state index contributed by atoms with van der Waals surface area (Å²) in [6, 6.07) is 31.5. The first-order chi connectivity index (χ1) is 11.7. The van der Waals surface area contributed by atoms with E-state index in [9.17, 15) is 9.90 Å². The van der Waals surface area contributed by atoms with E-state index in [1.807, 2.05) is 18.2 Å². The van der Waals surface area contributed by atoms with E-state index in [1.165, 1.54) is 10.7 Å². The first-order valence-electron chi connectivity index (χ1n) is 8.12. The molecule has 3 heteroatoms. The Labute approximate surface area is 146 Å². The van der Waals surface area contributed by atoms with Gasteiger partial charge in [0.1, 0.15) is 0 Å². The fourth-order valence-electron chi connectivity index (χ4n) is 3.40. The van der Waals surface area contributed by atoms with Crippen molar-refractivity contribution in [3.05, 3.63) is 91.0 Å². The van der Waals surface area contributed by atoms with E-state index in [-0.39, 0.29) is 6.42 Å². The molecule has 0 amide bonds. The van der Waals surface area contributed by atoms with Crippen molar-refractivity contribution in [3.63, 3.8) is 0 Å². The molecule has 0 unspecified atom stereocenters. The van der Waals surface area contributed by atoms with Gasteiger partial charge in [-0.15, -0.1) is 0 Å². The Kier molecular flexibility index (Phi) is 5.36. The molecule has 0 saturated heterocycles. The first-order valence-corrected chi connectivity index (χ1v) is 14.4. The Bertz CT molecular complexity index is 689. The monoisotopic (exact) mass is 424 g/mol. The van der Waals surface area contributed by atoms with Crippen LogP contribution in [-0.2, 0) is 4.79 Å². The Morgan fingerprint density at radius 1 is 0.667 bits per heavy atom. The van der Waals surface area contributed by atoms with Gasteiger partial charge in [0.25, 0.3) is 0 Å². The van der Waals surface area contributed by atoms with Crippen LogP contribution in [-0.4, -0.2) is 29.5 Å². The number of carboxylic acids is 1. The summed E-state index contributed by atoms with van der Waals surface area (Å²) in [6.45, 7) is 0. The third-order valence-electron chi connectivity index (χ3n) is 4.51. The molecule has 0 saturated carbocycles. The van der Waals surface area contributed by atoms with Crippen molar-refractivity contribution in [2.75, 3.05) is 0 Å². The molecule has 0 aromatic heterocycles. The van der Waals surface area contributed by atoms with Crippen LogP contribution in [0.5, 0.6) is 0 Å². The molecule has 0 radical (unpaired) electrons. The summed E-state index contributed by atoms with van der Waals surface area (Å²) >= 11 is -3.34. The molecule has 0 aliphatic heterocycles. The Morgan fingerprint density at radius 3 is 1.29 bits per heavy atom. The minimum atomic E-state index is -3.34. The number of benzene rings is 3. The zero-order valence-electron chi connectivity index (χ0n) is 13.4. The second kappa shape index (κ2) is 7.67. The molecule has 3 aromatic carbocycles. The summed E-state index contributed by atoms with van der Waals surface area (Å²) in [7, 11) is 0. The number of aliphatic carboxylic acids is 1. The van der Waals surface area contributed by atoms with Crippen LogP contribution >= 0.6 is 0 Å². The van der Waals surface area contributed by atoms with Gasteiger partial charge < -0.3 is 0 Å². The number of rotatable bonds is 6. The molecular formula is C21H20O2Sn. The molecule has 0 aliphatic rings. The average Bonchev–Trinajstić information content (AvgIpc) is 2.65. The van der Waals surface area contributed by atoms with Crippen molar-refractivity contribution < 1.29 is 9.90 Å². The second-order valence-electron chi connectivity index (χ2n) is 5.90. The van der Waals surface area contributed by atoms with Gasteiger partial charge in [0.2, 0.25) is 0 Å². The molecule has 0 atom stereocenters. The van der Waals surface area contributed by atoms with Crippen LogP contribution in [0, 0.1) is 0 Å². The first kappa shape index (κ1) is 16.8. The topological polar surface area (TPSA) is 37.3 Å². The van der Waals surface area contributed by atoms with Crippen molar-refractivity contribution in [1.82, 2.24) is 0 Å². The van der Waals surface area contributed by atoms with Crippen molar-refractivity contribution in [2.45, 2.75) is 10.9 Å². The van der Waals surface area contributed by atoms with Crippen LogP contribution < -0.4 is 10.7 Å². The minimum absolute atomic E-state index is 0.203. The van der Waals surface area contributed by atoms with E-state index in [2.05, 4.69) is 72.8 Å². The van der Waals surface area contributed by atoms with Crippen molar-refractivity contribution >= 4 is 35.1 Å². The predicted octanol–water partition coefficient (Wildman–Crippen LogP) is 2.63. The molecule has 3 aromatic rings. The molecule has 0 aliphatic carbocycles. The summed E-state index contributed by atoms with van der Waals surface area (Å²) in [5.41, 5.74) is 0. The Balaban J connectivity index is 2.26. The van der Waals surface area contributed by atoms with Crippen LogP contribution in [0.4, 0.5) is 0 Å². The van der Waals surface area contributed by atoms with E-state index in [4.69, 9.17) is 0 Å². The third kappa shape index (κ3) is 3.38. The van der Waals surface area contributed by atoms with Crippen molar-refractivity contribution in [2.24, 2.45) is 0 Å². The van der Waals surface area contributed by atoms with Crippen LogP contribution in [0.25, 0.3) is 0 Å². The van der Waals surface area contributed by atoms with Gasteiger partial charge in [0.05, 0.1) is 0 Å². The van der Waals surface area contributed by atoms with E-state index in [0.29, 0.717) is 0 Å². The fourth-order valence-corrected chi connectivity index (χ4v) is 16.9. The van der Waals surface area contributed by atoms with Gasteiger partial charge in [-0.1, -0.05) is 0 Å². The average molecular weight is 423 g/mol. The number of carbonyl (C=O) groups is 1. The van der Waals surface area contributed by atoms with E-state index < -0.39 is 24.3 Å². The summed E-state index contributed by atoms with van der Waals surface area (Å²) in [5, 5.41) is 9.35. The third-order valence-corrected chi connectivity index (χ3v) is 18.7. The maximum atomic E-state index is 11.4. The fraction of sp³-hybridized carbons (Fsp3) is 0.0952. The van der Waals surface area contributed by atoms with Gasteiger partial charge in [-0.05, 0) is 0 Å². The molecule has 3 rings (SSSR count). The molecular weight excluding hydrogens is 403 g/mol. The van der Waals surface area contributed by atoms with E-state index in [1.54, 1.807) is 0 Å². The van der Waals surface area contributed by atoms with E-state index >= 15 is 0 Å². The van der Waals surface area contributed by atoms with Crippen LogP contribution in [0.2, 0.25) is 4.44 Å². The predicted molar refractivity (Wildman–Crippen MR) is 101 cm³/mol. The molecule has 2 nitrogen and oxygen atoms in total. The molecule has 0 heterocycles. The van der Waals surface area contributed by atoms with Gasteiger partial charge >= 0.3 is 147 Å². The van der Waals surface area contributed by atoms with E-state index in [0.717, 1.165) is 4.44 Å². The summed E-state index contributed by atoms with van der Waals surface area (Å²) < 4.78 is 4.70. The molecule has 24 heavy (non-hydrogen) atoms. The summed E-state index contributed by atoms with van der Waals surface area (Å²) in [4.78, 5) is 11.4. The normalized spacial score (nSPS) is 11.2. The maximum absolute atomic E-state index is 11.4. The molecule has 1 N–H and O–H groups in total. The van der Waals surface area contributed by atoms with Crippen molar-refractivity contribution in [3.8, 4) is 0 Å². The van der Waals surface area contributed by atoms with Crippen LogP contribution in [0.15, 0.2) is 91.0 Å². The number of hydrogen-bond acceptors (Lipinski definition) is 1. The van der Waals surface area contributed by atoms with Gasteiger partial charge in [0.15, 0.2) is 0 Å². The molecule has 120 valence electrons. The molecule has 0 fully saturated rings. The standard InChI is InChI=1S/3C6H5.C3H5O2.Sn/c3*1-2-4-6-5-3-1;1-2-3(4)5;/h3*1-5H;1-2H2,(H,4,5);. The van der Waals surface area contributed by atoms with Crippen molar-refractivity contribution in [1.29, 1.82) is 0 Å². The summed E-state index contributed by atoms with van der Waals surface area (Å²) in [5.74, 6) is -0.723. The number of carboxylic acid groups (broad SMARTS) is 1. The zero-order chi connectivity index (χ0) is 16.8. The summed E-state index contributed by atoms with van der Waals surface area (Å²) in [6.07, 6.45) is 0.203. The molecule has 0 bridgehead atoms. The Morgan fingerprint density at radius 2 is 1.00 bits per heavy atom. The Hall–Kier alpha value is -2.07. The second-order valence-corrected chi connectivity index (χ2v) is 17.4. The molecule has 0 spiro atoms. The van der Waals surface area contributed by atoms with Gasteiger partial charge in [0, 0.05) is 0 Å². The number of hydrogen-bond donors (Lipinski definition) is 1. The van der Waals surface area contributed by atoms with Crippen LogP contribution in [0.1, 0.15) is 6.42 Å². The van der Waals surface area contributed by atoms with Gasteiger partial charge in [-0.3, -0.25) is 0 Å². The SMILES string of the molecule is O=C(O)C[CH2][Sn]([c]1ccccc1)([c]1ccccc1)[c]1ccccc1. The van der Waals surface area contributed by atoms with Gasteiger partial charge in [-0.25, -0.2) is 0 Å².